The van der Waals surface area contributed by atoms with Crippen LogP contribution in [0.25, 0.3) is 0 Å². The van der Waals surface area contributed by atoms with Crippen LogP contribution in [0.2, 0.25) is 0 Å². The number of rotatable bonds is 1. The molecule has 1 aliphatic rings. The van der Waals surface area contributed by atoms with E-state index in [4.69, 9.17) is 10.2 Å². The third-order valence-electron chi connectivity index (χ3n) is 1.78. The molecule has 4 nitrogen and oxygen atoms in total. The van der Waals surface area contributed by atoms with E-state index in [1.165, 1.54) is 0 Å². The highest BCUT2D eigenvalue weighted by Crippen LogP contribution is 2.20. The maximum absolute atomic E-state index is 9.98. The smallest absolute Gasteiger partial charge is 0.0968 e. The highest BCUT2D eigenvalue weighted by Gasteiger charge is 2.26. The van der Waals surface area contributed by atoms with Crippen molar-refractivity contribution in [2.24, 2.45) is 5.18 Å². The summed E-state index contributed by atoms with van der Waals surface area (Å²) < 4.78 is 0. The van der Waals surface area contributed by atoms with Crippen LogP contribution in [0.1, 0.15) is 19.3 Å². The first-order valence-corrected chi connectivity index (χ1v) is 3.41. The van der Waals surface area contributed by atoms with E-state index >= 15 is 0 Å². The normalized spacial score (nSPS) is 41.2. The van der Waals surface area contributed by atoms with Crippen LogP contribution in [-0.2, 0) is 0 Å². The molecule has 0 aromatic rings. The van der Waals surface area contributed by atoms with Crippen molar-refractivity contribution in [3.8, 4) is 0 Å². The van der Waals surface area contributed by atoms with Gasteiger partial charge in [0.15, 0.2) is 0 Å². The van der Waals surface area contributed by atoms with Gasteiger partial charge in [-0.05, 0) is 19.3 Å². The Bertz CT molecular complexity index is 118. The topological polar surface area (TPSA) is 69.9 Å². The summed E-state index contributed by atoms with van der Waals surface area (Å²) >= 11 is 0. The van der Waals surface area contributed by atoms with Crippen LogP contribution in [0.3, 0.4) is 0 Å². The lowest BCUT2D eigenvalue weighted by molar-refractivity contribution is 0.0321. The number of nitrogens with zero attached hydrogens (tertiary/aromatic N) is 1. The number of hydrogen-bond acceptors (Lipinski definition) is 4. The average Bonchev–Trinajstić information content (AvgIpc) is 1.85. The van der Waals surface area contributed by atoms with E-state index in [1.54, 1.807) is 0 Å². The molecule has 0 amide bonds. The van der Waals surface area contributed by atoms with Crippen molar-refractivity contribution in [3.05, 3.63) is 4.91 Å². The van der Waals surface area contributed by atoms with Gasteiger partial charge in [0.2, 0.25) is 0 Å². The predicted molar refractivity (Wildman–Crippen MR) is 35.4 cm³/mol. The van der Waals surface area contributed by atoms with E-state index in [2.05, 4.69) is 5.18 Å². The number of aliphatic hydroxyl groups is 2. The van der Waals surface area contributed by atoms with Crippen molar-refractivity contribution < 1.29 is 10.2 Å². The van der Waals surface area contributed by atoms with E-state index < -0.39 is 18.2 Å². The summed E-state index contributed by atoms with van der Waals surface area (Å²) in [6.07, 6.45) is 0.0885. The SMILES string of the molecule is O=NC1CC(O)CC(O)C1. The Morgan fingerprint density at radius 3 is 2.00 bits per heavy atom. The molecule has 0 bridgehead atoms. The Balaban J connectivity index is 2.42. The lowest BCUT2D eigenvalue weighted by Gasteiger charge is -2.24. The van der Waals surface area contributed by atoms with Crippen LogP contribution in [0.15, 0.2) is 5.18 Å². The summed E-state index contributed by atoms with van der Waals surface area (Å²) in [6.45, 7) is 0. The molecule has 0 heterocycles. The van der Waals surface area contributed by atoms with Crippen LogP contribution < -0.4 is 0 Å². The molecule has 58 valence electrons. The zero-order valence-corrected chi connectivity index (χ0v) is 5.60. The van der Waals surface area contributed by atoms with Crippen LogP contribution in [0.4, 0.5) is 0 Å². The van der Waals surface area contributed by atoms with Gasteiger partial charge in [0.1, 0.15) is 0 Å². The molecular weight excluding hydrogens is 134 g/mol. The number of aliphatic hydroxyl groups excluding tert-OH is 2. The quantitative estimate of drug-likeness (QED) is 0.511. The maximum Gasteiger partial charge on any atom is 0.0968 e. The summed E-state index contributed by atoms with van der Waals surface area (Å²) in [5, 5.41) is 20.8. The summed E-state index contributed by atoms with van der Waals surface area (Å²) in [6, 6.07) is -0.390. The predicted octanol–water partition coefficient (Wildman–Crippen LogP) is 0.0271. The molecule has 1 aliphatic carbocycles. The first-order chi connectivity index (χ1) is 4.72. The molecule has 4 heteroatoms. The molecule has 0 aromatic carbocycles. The van der Waals surface area contributed by atoms with Crippen molar-refractivity contribution in [2.75, 3.05) is 0 Å². The third-order valence-corrected chi connectivity index (χ3v) is 1.78. The molecule has 2 unspecified atom stereocenters. The van der Waals surface area contributed by atoms with Gasteiger partial charge in [0.25, 0.3) is 0 Å². The zero-order valence-electron chi connectivity index (χ0n) is 5.60. The van der Waals surface area contributed by atoms with Crippen molar-refractivity contribution in [2.45, 2.75) is 37.5 Å². The van der Waals surface area contributed by atoms with E-state index in [-0.39, 0.29) is 0 Å². The molecule has 2 N–H and O–H groups in total. The van der Waals surface area contributed by atoms with Gasteiger partial charge in [-0.2, -0.15) is 4.91 Å². The van der Waals surface area contributed by atoms with E-state index in [0.717, 1.165) is 0 Å². The van der Waals surface area contributed by atoms with Crippen molar-refractivity contribution in [3.63, 3.8) is 0 Å². The van der Waals surface area contributed by atoms with E-state index in [0.29, 0.717) is 19.3 Å². The molecule has 1 fully saturated rings. The van der Waals surface area contributed by atoms with Crippen LogP contribution in [-0.4, -0.2) is 28.5 Å². The van der Waals surface area contributed by atoms with Crippen molar-refractivity contribution in [1.29, 1.82) is 0 Å². The minimum atomic E-state index is -0.550. The standard InChI is InChI=1S/C6H11NO3/c8-5-1-4(7-10)2-6(9)3-5/h4-6,8-9H,1-3H2. The Hall–Kier alpha value is -0.480. The minimum Gasteiger partial charge on any atom is -0.393 e. The summed E-state index contributed by atoms with van der Waals surface area (Å²) in [4.78, 5) is 9.98. The molecule has 1 saturated carbocycles. The first kappa shape index (κ1) is 7.63. The first-order valence-electron chi connectivity index (χ1n) is 3.41. The Kier molecular flexibility index (Phi) is 2.34. The minimum absolute atomic E-state index is 0.381. The van der Waals surface area contributed by atoms with Gasteiger partial charge in [-0.25, -0.2) is 0 Å². The number of nitroso groups, excluding NO2 is 1. The zero-order chi connectivity index (χ0) is 7.56. The van der Waals surface area contributed by atoms with Gasteiger partial charge in [-0.15, -0.1) is 0 Å². The highest BCUT2D eigenvalue weighted by atomic mass is 16.3. The third kappa shape index (κ3) is 1.75. The van der Waals surface area contributed by atoms with Crippen LogP contribution in [0.5, 0.6) is 0 Å². The second-order valence-electron chi connectivity index (χ2n) is 2.77. The van der Waals surface area contributed by atoms with Crippen molar-refractivity contribution >= 4 is 0 Å². The highest BCUT2D eigenvalue weighted by molar-refractivity contribution is 4.81. The lowest BCUT2D eigenvalue weighted by Crippen LogP contribution is -2.31. The van der Waals surface area contributed by atoms with Gasteiger partial charge in [-0.3, -0.25) is 0 Å². The molecule has 0 spiro atoms. The largest absolute Gasteiger partial charge is 0.393 e. The van der Waals surface area contributed by atoms with Crippen LogP contribution in [0, 0.1) is 4.91 Å². The fourth-order valence-corrected chi connectivity index (χ4v) is 1.32. The lowest BCUT2D eigenvalue weighted by atomic mass is 9.91. The monoisotopic (exact) mass is 145 g/mol. The van der Waals surface area contributed by atoms with E-state index in [9.17, 15) is 4.91 Å². The van der Waals surface area contributed by atoms with Gasteiger partial charge in [-0.1, -0.05) is 5.18 Å². The van der Waals surface area contributed by atoms with E-state index in [1.807, 2.05) is 0 Å². The maximum atomic E-state index is 9.98. The molecule has 0 radical (unpaired) electrons. The Morgan fingerprint density at radius 2 is 1.60 bits per heavy atom. The molecular formula is C6H11NO3. The number of hydrogen-bond donors (Lipinski definition) is 2. The Labute approximate surface area is 58.8 Å². The molecule has 1 rings (SSSR count). The Morgan fingerprint density at radius 1 is 1.10 bits per heavy atom. The second-order valence-corrected chi connectivity index (χ2v) is 2.77. The van der Waals surface area contributed by atoms with Crippen molar-refractivity contribution in [1.82, 2.24) is 0 Å². The van der Waals surface area contributed by atoms with Gasteiger partial charge in [0, 0.05) is 0 Å². The molecule has 0 saturated heterocycles. The van der Waals surface area contributed by atoms with Gasteiger partial charge < -0.3 is 10.2 Å². The van der Waals surface area contributed by atoms with Gasteiger partial charge in [0.05, 0.1) is 18.2 Å². The average molecular weight is 145 g/mol. The summed E-state index contributed by atoms with van der Waals surface area (Å²) in [5.41, 5.74) is 0. The fraction of sp³-hybridized carbons (Fsp3) is 1.00. The molecule has 0 aliphatic heterocycles. The molecule has 10 heavy (non-hydrogen) atoms. The molecule has 2 atom stereocenters. The van der Waals surface area contributed by atoms with Gasteiger partial charge >= 0.3 is 0 Å². The summed E-state index contributed by atoms with van der Waals surface area (Å²) in [5.74, 6) is 0. The molecule has 0 aromatic heterocycles. The fourth-order valence-electron chi connectivity index (χ4n) is 1.32. The van der Waals surface area contributed by atoms with Crippen LogP contribution >= 0.6 is 0 Å². The summed E-state index contributed by atoms with van der Waals surface area (Å²) in [7, 11) is 0. The second kappa shape index (κ2) is 3.07.